The van der Waals surface area contributed by atoms with Crippen LogP contribution in [0.15, 0.2) is 18.5 Å². The van der Waals surface area contributed by atoms with Crippen LogP contribution >= 0.6 is 0 Å². The Balaban J connectivity index is 2.43. The van der Waals surface area contributed by atoms with E-state index in [9.17, 15) is 0 Å². The van der Waals surface area contributed by atoms with Crippen LogP contribution < -0.4 is 5.32 Å². The Morgan fingerprint density at radius 1 is 1.47 bits per heavy atom. The lowest BCUT2D eigenvalue weighted by Gasteiger charge is -1.99. The Labute approximate surface area is 89.3 Å². The average Bonchev–Trinajstić information content (AvgIpc) is 2.61. The fourth-order valence-electron chi connectivity index (χ4n) is 1.51. The van der Waals surface area contributed by atoms with Crippen LogP contribution in [-0.4, -0.2) is 21.6 Å². The molecule has 0 unspecified atom stereocenters. The Morgan fingerprint density at radius 3 is 2.93 bits per heavy atom. The van der Waals surface area contributed by atoms with Crippen molar-refractivity contribution in [2.45, 2.75) is 26.3 Å². The highest BCUT2D eigenvalue weighted by atomic mass is 15.2. The summed E-state index contributed by atoms with van der Waals surface area (Å²) in [5.74, 6) is 0.444. The smallest absolute Gasteiger partial charge is 0.155 e. The maximum atomic E-state index is 4.48. The van der Waals surface area contributed by atoms with Gasteiger partial charge in [0.1, 0.15) is 0 Å². The molecule has 0 aliphatic rings. The molecule has 0 saturated carbocycles. The average molecular weight is 204 g/mol. The van der Waals surface area contributed by atoms with E-state index in [-0.39, 0.29) is 0 Å². The van der Waals surface area contributed by atoms with Crippen LogP contribution in [0.4, 0.5) is 0 Å². The minimum absolute atomic E-state index is 0.444. The summed E-state index contributed by atoms with van der Waals surface area (Å²) in [5.41, 5.74) is 3.14. The molecule has 0 radical (unpaired) electrons. The summed E-state index contributed by atoms with van der Waals surface area (Å²) in [4.78, 5) is 4.36. The normalized spacial score (nSPS) is 11.5. The van der Waals surface area contributed by atoms with Crippen molar-refractivity contribution in [1.82, 2.24) is 19.9 Å². The number of hydrogen-bond donors (Lipinski definition) is 1. The van der Waals surface area contributed by atoms with Gasteiger partial charge >= 0.3 is 0 Å². The van der Waals surface area contributed by atoms with Gasteiger partial charge in [0, 0.05) is 30.6 Å². The van der Waals surface area contributed by atoms with E-state index in [1.165, 1.54) is 0 Å². The lowest BCUT2D eigenvalue weighted by molar-refractivity contribution is 0.767. The van der Waals surface area contributed by atoms with Crippen LogP contribution in [0.2, 0.25) is 0 Å². The molecule has 0 spiro atoms. The summed E-state index contributed by atoms with van der Waals surface area (Å²) in [7, 11) is 1.92. The molecule has 0 atom stereocenters. The molecule has 1 N–H and O–H groups in total. The molecule has 2 aromatic heterocycles. The summed E-state index contributed by atoms with van der Waals surface area (Å²) < 4.78 is 1.85. The minimum Gasteiger partial charge on any atom is -0.316 e. The predicted molar refractivity (Wildman–Crippen MR) is 59.8 cm³/mol. The maximum absolute atomic E-state index is 4.48. The maximum Gasteiger partial charge on any atom is 0.155 e. The van der Waals surface area contributed by atoms with Crippen LogP contribution in [0.25, 0.3) is 5.65 Å². The first kappa shape index (κ1) is 10.1. The molecule has 0 fully saturated rings. The Hall–Kier alpha value is -1.42. The lowest BCUT2D eigenvalue weighted by atomic mass is 10.1. The zero-order valence-corrected chi connectivity index (χ0v) is 9.36. The number of aromatic nitrogens is 3. The van der Waals surface area contributed by atoms with Gasteiger partial charge in [-0.2, -0.15) is 5.10 Å². The van der Waals surface area contributed by atoms with Crippen LogP contribution in [0, 0.1) is 0 Å². The molecule has 15 heavy (non-hydrogen) atoms. The largest absolute Gasteiger partial charge is 0.316 e. The monoisotopic (exact) mass is 204 g/mol. The first-order valence-corrected chi connectivity index (χ1v) is 5.19. The van der Waals surface area contributed by atoms with Crippen molar-refractivity contribution in [2.24, 2.45) is 0 Å². The second-order valence-electron chi connectivity index (χ2n) is 4.02. The summed E-state index contributed by atoms with van der Waals surface area (Å²) in [5, 5.41) is 7.58. The van der Waals surface area contributed by atoms with Crippen molar-refractivity contribution in [3.63, 3.8) is 0 Å². The van der Waals surface area contributed by atoms with E-state index in [0.717, 1.165) is 23.4 Å². The number of fused-ring (bicyclic) bond motifs is 1. The van der Waals surface area contributed by atoms with Gasteiger partial charge < -0.3 is 5.32 Å². The first-order chi connectivity index (χ1) is 7.20. The number of rotatable bonds is 3. The lowest BCUT2D eigenvalue weighted by Crippen LogP contribution is -2.06. The van der Waals surface area contributed by atoms with E-state index in [0.29, 0.717) is 5.92 Å². The predicted octanol–water partition coefficient (Wildman–Crippen LogP) is 1.57. The molecule has 0 aromatic carbocycles. The van der Waals surface area contributed by atoms with Gasteiger partial charge in [-0.3, -0.25) is 0 Å². The number of nitrogens with zero attached hydrogens (tertiary/aromatic N) is 3. The Kier molecular flexibility index (Phi) is 2.68. The summed E-state index contributed by atoms with van der Waals surface area (Å²) >= 11 is 0. The van der Waals surface area contributed by atoms with Crippen molar-refractivity contribution >= 4 is 5.65 Å². The Morgan fingerprint density at radius 2 is 2.27 bits per heavy atom. The van der Waals surface area contributed by atoms with E-state index in [4.69, 9.17) is 0 Å². The number of nitrogens with one attached hydrogen (secondary N) is 1. The van der Waals surface area contributed by atoms with E-state index < -0.39 is 0 Å². The zero-order chi connectivity index (χ0) is 10.8. The third-order valence-corrected chi connectivity index (χ3v) is 2.36. The van der Waals surface area contributed by atoms with Gasteiger partial charge in [-0.05, 0) is 13.0 Å². The van der Waals surface area contributed by atoms with Gasteiger partial charge in [-0.1, -0.05) is 13.8 Å². The molecule has 0 aliphatic heterocycles. The van der Waals surface area contributed by atoms with Gasteiger partial charge in [0.25, 0.3) is 0 Å². The van der Waals surface area contributed by atoms with Crippen molar-refractivity contribution in [1.29, 1.82) is 0 Å². The van der Waals surface area contributed by atoms with Crippen LogP contribution in [0.1, 0.15) is 31.0 Å². The molecule has 0 aliphatic carbocycles. The van der Waals surface area contributed by atoms with Crippen LogP contribution in [0.5, 0.6) is 0 Å². The SMILES string of the molecule is CNCc1cnc2cc(C(C)C)nn2c1. The highest BCUT2D eigenvalue weighted by Gasteiger charge is 2.06. The molecule has 0 amide bonds. The summed E-state index contributed by atoms with van der Waals surface area (Å²) in [6.45, 7) is 5.09. The third kappa shape index (κ3) is 1.99. The number of hydrogen-bond acceptors (Lipinski definition) is 3. The van der Waals surface area contributed by atoms with Gasteiger partial charge in [-0.15, -0.1) is 0 Å². The molecule has 0 bridgehead atoms. The zero-order valence-electron chi connectivity index (χ0n) is 9.36. The molecular formula is C11H16N4. The third-order valence-electron chi connectivity index (χ3n) is 2.36. The second-order valence-corrected chi connectivity index (χ2v) is 4.02. The molecule has 2 aromatic rings. The van der Waals surface area contributed by atoms with E-state index in [2.05, 4.69) is 29.2 Å². The standard InChI is InChI=1S/C11H16N4/c1-8(2)10-4-11-13-6-9(5-12-3)7-15(11)14-10/h4,6-8,12H,5H2,1-3H3. The minimum atomic E-state index is 0.444. The van der Waals surface area contributed by atoms with Crippen molar-refractivity contribution in [3.8, 4) is 0 Å². The highest BCUT2D eigenvalue weighted by molar-refractivity contribution is 5.40. The topological polar surface area (TPSA) is 42.2 Å². The molecule has 4 heteroatoms. The van der Waals surface area contributed by atoms with E-state index in [1.807, 2.05) is 30.0 Å². The van der Waals surface area contributed by atoms with E-state index in [1.54, 1.807) is 0 Å². The first-order valence-electron chi connectivity index (χ1n) is 5.19. The van der Waals surface area contributed by atoms with Gasteiger partial charge in [-0.25, -0.2) is 9.50 Å². The van der Waals surface area contributed by atoms with Crippen LogP contribution in [0.3, 0.4) is 0 Å². The van der Waals surface area contributed by atoms with Crippen molar-refractivity contribution in [3.05, 3.63) is 29.7 Å². The fraction of sp³-hybridized carbons (Fsp3) is 0.455. The molecule has 4 nitrogen and oxygen atoms in total. The molecule has 2 rings (SSSR count). The molecule has 2 heterocycles. The van der Waals surface area contributed by atoms with E-state index >= 15 is 0 Å². The van der Waals surface area contributed by atoms with Gasteiger partial charge in [0.05, 0.1) is 5.69 Å². The second kappa shape index (κ2) is 3.98. The Bertz CT molecular complexity index is 459. The van der Waals surface area contributed by atoms with Gasteiger partial charge in [0.15, 0.2) is 5.65 Å². The van der Waals surface area contributed by atoms with Crippen molar-refractivity contribution in [2.75, 3.05) is 7.05 Å². The highest BCUT2D eigenvalue weighted by Crippen LogP contribution is 2.14. The molecule has 80 valence electrons. The van der Waals surface area contributed by atoms with Gasteiger partial charge in [0.2, 0.25) is 0 Å². The fourth-order valence-corrected chi connectivity index (χ4v) is 1.51. The molecule has 0 saturated heterocycles. The van der Waals surface area contributed by atoms with Crippen LogP contribution in [-0.2, 0) is 6.54 Å². The molecular weight excluding hydrogens is 188 g/mol. The quantitative estimate of drug-likeness (QED) is 0.825. The van der Waals surface area contributed by atoms with Crippen molar-refractivity contribution < 1.29 is 0 Å². The summed E-state index contributed by atoms with van der Waals surface area (Å²) in [6, 6.07) is 2.04. The summed E-state index contributed by atoms with van der Waals surface area (Å²) in [6.07, 6.45) is 3.91.